The third-order valence-corrected chi connectivity index (χ3v) is 5.94. The number of amides is 2. The van der Waals surface area contributed by atoms with Gasteiger partial charge >= 0.3 is 0 Å². The van der Waals surface area contributed by atoms with Crippen LogP contribution < -0.4 is 10.6 Å². The average molecular weight is 362 g/mol. The van der Waals surface area contributed by atoms with Crippen molar-refractivity contribution in [3.8, 4) is 0 Å². The summed E-state index contributed by atoms with van der Waals surface area (Å²) in [5.41, 5.74) is 1.96. The number of nitrogens with one attached hydrogen (secondary N) is 2. The summed E-state index contributed by atoms with van der Waals surface area (Å²) < 4.78 is 0. The fourth-order valence-corrected chi connectivity index (χ4v) is 4.36. The highest BCUT2D eigenvalue weighted by molar-refractivity contribution is 8.00. The molecule has 2 amide bonds. The number of aryl methyl sites for hydroxylation is 1. The van der Waals surface area contributed by atoms with Crippen molar-refractivity contribution in [1.29, 1.82) is 0 Å². The van der Waals surface area contributed by atoms with Crippen LogP contribution in [0.4, 0.5) is 5.69 Å². The maximum atomic E-state index is 12.2. The predicted octanol–water partition coefficient (Wildman–Crippen LogP) is 2.41. The molecule has 2 saturated heterocycles. The van der Waals surface area contributed by atoms with Crippen molar-refractivity contribution < 1.29 is 9.59 Å². The van der Waals surface area contributed by atoms with Gasteiger partial charge in [0.15, 0.2) is 0 Å². The SMILES string of the molecule is Cc1ccc(NC(=O)CSCC(=O)N[C@H]2CCN3CCCC[C@@H]23)cc1. The lowest BCUT2D eigenvalue weighted by atomic mass is 9.99. The van der Waals surface area contributed by atoms with Crippen LogP contribution in [-0.4, -0.2) is 53.4 Å². The summed E-state index contributed by atoms with van der Waals surface area (Å²) in [5.74, 6) is 0.609. The van der Waals surface area contributed by atoms with E-state index in [1.807, 2.05) is 31.2 Å². The van der Waals surface area contributed by atoms with E-state index in [9.17, 15) is 9.59 Å². The van der Waals surface area contributed by atoms with Crippen LogP contribution in [0.15, 0.2) is 24.3 Å². The molecule has 0 spiro atoms. The van der Waals surface area contributed by atoms with E-state index in [0.717, 1.165) is 24.2 Å². The molecule has 25 heavy (non-hydrogen) atoms. The summed E-state index contributed by atoms with van der Waals surface area (Å²) in [6.45, 7) is 4.28. The summed E-state index contributed by atoms with van der Waals surface area (Å²) in [5, 5.41) is 6.03. The first-order chi connectivity index (χ1) is 12.1. The van der Waals surface area contributed by atoms with E-state index in [-0.39, 0.29) is 17.9 Å². The Kier molecular flexibility index (Phi) is 6.37. The van der Waals surface area contributed by atoms with Gasteiger partial charge in [-0.1, -0.05) is 24.1 Å². The second-order valence-corrected chi connectivity index (χ2v) is 7.95. The molecule has 2 heterocycles. The number of anilines is 1. The molecule has 1 aromatic carbocycles. The number of thioether (sulfide) groups is 1. The zero-order chi connectivity index (χ0) is 17.6. The van der Waals surface area contributed by atoms with Crippen LogP contribution >= 0.6 is 11.8 Å². The minimum atomic E-state index is -0.0685. The minimum Gasteiger partial charge on any atom is -0.351 e. The number of hydrogen-bond donors (Lipinski definition) is 2. The number of rotatable bonds is 6. The van der Waals surface area contributed by atoms with Gasteiger partial charge in [0.05, 0.1) is 11.5 Å². The van der Waals surface area contributed by atoms with Crippen molar-refractivity contribution in [3.63, 3.8) is 0 Å². The fourth-order valence-electron chi connectivity index (χ4n) is 3.73. The summed E-state index contributed by atoms with van der Waals surface area (Å²) in [6.07, 6.45) is 4.79. The van der Waals surface area contributed by atoms with Gasteiger partial charge in [-0.2, -0.15) is 0 Å². The van der Waals surface area contributed by atoms with Crippen molar-refractivity contribution in [2.24, 2.45) is 0 Å². The Morgan fingerprint density at radius 1 is 1.08 bits per heavy atom. The number of piperidine rings is 1. The van der Waals surface area contributed by atoms with E-state index in [1.54, 1.807) is 0 Å². The van der Waals surface area contributed by atoms with Gasteiger partial charge in [0, 0.05) is 24.3 Å². The van der Waals surface area contributed by atoms with Gasteiger partial charge in [-0.15, -0.1) is 11.8 Å². The van der Waals surface area contributed by atoms with Crippen LogP contribution in [0.3, 0.4) is 0 Å². The van der Waals surface area contributed by atoms with E-state index in [0.29, 0.717) is 17.5 Å². The van der Waals surface area contributed by atoms with Crippen molar-refractivity contribution >= 4 is 29.3 Å². The number of fused-ring (bicyclic) bond motifs is 1. The Labute approximate surface area is 153 Å². The highest BCUT2D eigenvalue weighted by atomic mass is 32.2. The van der Waals surface area contributed by atoms with Crippen molar-refractivity contribution in [2.75, 3.05) is 29.9 Å². The second kappa shape index (κ2) is 8.72. The third kappa shape index (κ3) is 5.22. The average Bonchev–Trinajstić information content (AvgIpc) is 3.00. The molecule has 0 aromatic heterocycles. The first kappa shape index (κ1) is 18.3. The lowest BCUT2D eigenvalue weighted by molar-refractivity contribution is -0.119. The standard InChI is InChI=1S/C19H27N3O2S/c1-14-5-7-15(8-6-14)20-18(23)12-25-13-19(24)21-16-9-11-22-10-3-2-4-17(16)22/h5-8,16-17H,2-4,9-13H2,1H3,(H,20,23)(H,21,24)/t16-,17-/m0/s1. The summed E-state index contributed by atoms with van der Waals surface area (Å²) in [6, 6.07) is 8.52. The van der Waals surface area contributed by atoms with E-state index < -0.39 is 0 Å². The molecule has 2 fully saturated rings. The summed E-state index contributed by atoms with van der Waals surface area (Å²) in [4.78, 5) is 26.6. The molecule has 5 nitrogen and oxygen atoms in total. The normalized spacial score (nSPS) is 23.1. The monoisotopic (exact) mass is 361 g/mol. The molecule has 0 saturated carbocycles. The van der Waals surface area contributed by atoms with Crippen LogP contribution in [0, 0.1) is 6.92 Å². The Balaban J connectivity index is 1.35. The molecular weight excluding hydrogens is 334 g/mol. The van der Waals surface area contributed by atoms with Gasteiger partial charge in [-0.05, 0) is 44.9 Å². The van der Waals surface area contributed by atoms with Crippen LogP contribution in [0.2, 0.25) is 0 Å². The molecule has 2 aliphatic heterocycles. The van der Waals surface area contributed by atoms with Crippen molar-refractivity contribution in [3.05, 3.63) is 29.8 Å². The highest BCUT2D eigenvalue weighted by Gasteiger charge is 2.36. The molecule has 6 heteroatoms. The minimum absolute atomic E-state index is 0.0468. The van der Waals surface area contributed by atoms with Gasteiger partial charge in [0.1, 0.15) is 0 Å². The van der Waals surface area contributed by atoms with E-state index in [1.165, 1.54) is 37.6 Å². The highest BCUT2D eigenvalue weighted by Crippen LogP contribution is 2.27. The quantitative estimate of drug-likeness (QED) is 0.817. The van der Waals surface area contributed by atoms with E-state index >= 15 is 0 Å². The molecule has 1 aromatic rings. The van der Waals surface area contributed by atoms with Crippen LogP contribution in [-0.2, 0) is 9.59 Å². The third-order valence-electron chi connectivity index (χ3n) is 5.00. The largest absolute Gasteiger partial charge is 0.351 e. The molecule has 2 atom stereocenters. The van der Waals surface area contributed by atoms with Gasteiger partial charge in [-0.3, -0.25) is 14.5 Å². The fraction of sp³-hybridized carbons (Fsp3) is 0.579. The number of hydrogen-bond acceptors (Lipinski definition) is 4. The van der Waals surface area contributed by atoms with E-state index in [4.69, 9.17) is 0 Å². The first-order valence-corrected chi connectivity index (χ1v) is 10.2. The maximum Gasteiger partial charge on any atom is 0.234 e. The predicted molar refractivity (Wildman–Crippen MR) is 103 cm³/mol. The van der Waals surface area contributed by atoms with Crippen LogP contribution in [0.1, 0.15) is 31.2 Å². The second-order valence-electron chi connectivity index (χ2n) is 6.97. The molecule has 2 N–H and O–H groups in total. The lowest BCUT2D eigenvalue weighted by Gasteiger charge is -2.32. The zero-order valence-electron chi connectivity index (χ0n) is 14.8. The molecule has 0 aliphatic carbocycles. The Morgan fingerprint density at radius 3 is 2.64 bits per heavy atom. The number of benzene rings is 1. The molecule has 3 rings (SSSR count). The Hall–Kier alpha value is -1.53. The molecule has 2 aliphatic rings. The zero-order valence-corrected chi connectivity index (χ0v) is 15.6. The summed E-state index contributed by atoms with van der Waals surface area (Å²) >= 11 is 1.37. The van der Waals surface area contributed by atoms with Gasteiger partial charge < -0.3 is 10.6 Å². The van der Waals surface area contributed by atoms with Crippen molar-refractivity contribution in [1.82, 2.24) is 10.2 Å². The molecule has 0 bridgehead atoms. The van der Waals surface area contributed by atoms with Gasteiger partial charge in [0.25, 0.3) is 0 Å². The van der Waals surface area contributed by atoms with Gasteiger partial charge in [-0.25, -0.2) is 0 Å². The molecular formula is C19H27N3O2S. The van der Waals surface area contributed by atoms with Gasteiger partial charge in [0.2, 0.25) is 11.8 Å². The Morgan fingerprint density at radius 2 is 1.84 bits per heavy atom. The van der Waals surface area contributed by atoms with Crippen LogP contribution in [0.5, 0.6) is 0 Å². The van der Waals surface area contributed by atoms with Crippen LogP contribution in [0.25, 0.3) is 0 Å². The number of carbonyl (C=O) groups is 2. The topological polar surface area (TPSA) is 61.4 Å². The first-order valence-electron chi connectivity index (χ1n) is 9.09. The summed E-state index contributed by atoms with van der Waals surface area (Å²) in [7, 11) is 0. The Bertz CT molecular complexity index is 605. The molecule has 136 valence electrons. The van der Waals surface area contributed by atoms with Crippen molar-refractivity contribution in [2.45, 2.75) is 44.7 Å². The smallest absolute Gasteiger partial charge is 0.234 e. The lowest BCUT2D eigenvalue weighted by Crippen LogP contribution is -2.47. The molecule has 0 unspecified atom stereocenters. The van der Waals surface area contributed by atoms with E-state index in [2.05, 4.69) is 15.5 Å². The number of nitrogens with zero attached hydrogens (tertiary/aromatic N) is 1. The maximum absolute atomic E-state index is 12.2. The number of carbonyl (C=O) groups excluding carboxylic acids is 2. The molecule has 0 radical (unpaired) electrons.